The van der Waals surface area contributed by atoms with Crippen LogP contribution >= 0.6 is 0 Å². The van der Waals surface area contributed by atoms with Gasteiger partial charge < -0.3 is 5.73 Å². The zero-order chi connectivity index (χ0) is 14.0. The van der Waals surface area contributed by atoms with Crippen LogP contribution in [0.2, 0.25) is 0 Å². The van der Waals surface area contributed by atoms with E-state index in [0.29, 0.717) is 11.4 Å². The maximum Gasteiger partial charge on any atom is 0.0577 e. The van der Waals surface area contributed by atoms with E-state index in [4.69, 9.17) is 5.73 Å². The Morgan fingerprint density at radius 2 is 1.68 bits per heavy atom. The van der Waals surface area contributed by atoms with Crippen molar-refractivity contribution in [3.8, 4) is 0 Å². The summed E-state index contributed by atoms with van der Waals surface area (Å²) in [5, 5.41) is 0. The Bertz CT molecular complexity index is 614. The predicted molar refractivity (Wildman–Crippen MR) is 81.6 cm³/mol. The van der Waals surface area contributed by atoms with Crippen LogP contribution in [0.15, 0.2) is 41.3 Å². The van der Waals surface area contributed by atoms with Gasteiger partial charge >= 0.3 is 0 Å². The van der Waals surface area contributed by atoms with Gasteiger partial charge in [-0.1, -0.05) is 35.4 Å². The average molecular weight is 273 g/mol. The Kier molecular flexibility index (Phi) is 4.05. The van der Waals surface area contributed by atoms with Crippen LogP contribution in [0, 0.1) is 20.8 Å². The Morgan fingerprint density at radius 1 is 1.05 bits per heavy atom. The summed E-state index contributed by atoms with van der Waals surface area (Å²) in [7, 11) is -1.05. The van der Waals surface area contributed by atoms with E-state index < -0.39 is 10.8 Å². The lowest BCUT2D eigenvalue weighted by Gasteiger charge is -2.09. The molecule has 2 aromatic rings. The van der Waals surface area contributed by atoms with Gasteiger partial charge in [0.25, 0.3) is 0 Å². The zero-order valence-corrected chi connectivity index (χ0v) is 12.4. The van der Waals surface area contributed by atoms with Crippen LogP contribution in [0.5, 0.6) is 0 Å². The van der Waals surface area contributed by atoms with E-state index in [1.165, 1.54) is 11.1 Å². The lowest BCUT2D eigenvalue weighted by molar-refractivity contribution is 0.682. The van der Waals surface area contributed by atoms with E-state index in [0.717, 1.165) is 16.0 Å². The number of rotatable bonds is 3. The summed E-state index contributed by atoms with van der Waals surface area (Å²) in [6.45, 7) is 6.04. The molecule has 0 fully saturated rings. The third-order valence-corrected chi connectivity index (χ3v) is 4.68. The standard InChI is InChI=1S/C16H19NOS/c1-11-7-12(2)9-14(8-11)10-19(18)16-6-4-5-15(17)13(16)3/h4-9H,10,17H2,1-3H3. The molecule has 100 valence electrons. The van der Waals surface area contributed by atoms with Gasteiger partial charge in [-0.2, -0.15) is 0 Å². The topological polar surface area (TPSA) is 43.1 Å². The van der Waals surface area contributed by atoms with Gasteiger partial charge in [-0.25, -0.2) is 0 Å². The molecule has 0 aliphatic heterocycles. The van der Waals surface area contributed by atoms with Crippen LogP contribution < -0.4 is 5.73 Å². The van der Waals surface area contributed by atoms with E-state index in [1.807, 2.05) is 25.1 Å². The van der Waals surface area contributed by atoms with Crippen molar-refractivity contribution in [3.05, 3.63) is 58.7 Å². The summed E-state index contributed by atoms with van der Waals surface area (Å²) in [6.07, 6.45) is 0. The first kappa shape index (κ1) is 13.8. The van der Waals surface area contributed by atoms with Gasteiger partial charge in [0.05, 0.1) is 16.6 Å². The summed E-state index contributed by atoms with van der Waals surface area (Å²) in [6, 6.07) is 11.9. The maximum atomic E-state index is 12.5. The quantitative estimate of drug-likeness (QED) is 0.870. The van der Waals surface area contributed by atoms with Gasteiger partial charge in [-0.05, 0) is 44.0 Å². The minimum absolute atomic E-state index is 0.535. The molecule has 0 spiro atoms. The largest absolute Gasteiger partial charge is 0.398 e. The molecule has 0 aliphatic carbocycles. The number of benzene rings is 2. The first-order valence-corrected chi connectivity index (χ1v) is 7.60. The van der Waals surface area contributed by atoms with E-state index in [9.17, 15) is 4.21 Å². The summed E-state index contributed by atoms with van der Waals surface area (Å²) < 4.78 is 12.5. The molecule has 19 heavy (non-hydrogen) atoms. The fourth-order valence-electron chi connectivity index (χ4n) is 2.26. The SMILES string of the molecule is Cc1cc(C)cc(CS(=O)c2cccc(N)c2C)c1. The van der Waals surface area contributed by atoms with Crippen LogP contribution in [-0.4, -0.2) is 4.21 Å². The first-order chi connectivity index (χ1) is 8.97. The van der Waals surface area contributed by atoms with E-state index >= 15 is 0 Å². The molecule has 1 atom stereocenters. The molecule has 0 radical (unpaired) electrons. The molecule has 2 nitrogen and oxygen atoms in total. The molecule has 0 saturated heterocycles. The molecular weight excluding hydrogens is 254 g/mol. The van der Waals surface area contributed by atoms with Crippen LogP contribution in [0.3, 0.4) is 0 Å². The number of nitrogens with two attached hydrogens (primary N) is 1. The van der Waals surface area contributed by atoms with E-state index in [2.05, 4.69) is 32.0 Å². The van der Waals surface area contributed by atoms with Crippen molar-refractivity contribution in [2.45, 2.75) is 31.4 Å². The Morgan fingerprint density at radius 3 is 2.32 bits per heavy atom. The molecule has 2 N–H and O–H groups in total. The smallest absolute Gasteiger partial charge is 0.0577 e. The van der Waals surface area contributed by atoms with E-state index in [1.54, 1.807) is 0 Å². The molecule has 0 aromatic heterocycles. The number of anilines is 1. The molecule has 0 aliphatic rings. The molecule has 0 bridgehead atoms. The minimum atomic E-state index is -1.05. The monoisotopic (exact) mass is 273 g/mol. The van der Waals surface area contributed by atoms with Crippen LogP contribution in [0.4, 0.5) is 5.69 Å². The second kappa shape index (κ2) is 5.57. The zero-order valence-electron chi connectivity index (χ0n) is 11.6. The number of nitrogen functional groups attached to an aromatic ring is 1. The summed E-state index contributed by atoms with van der Waals surface area (Å²) in [5.74, 6) is 0.535. The normalized spacial score (nSPS) is 12.4. The predicted octanol–water partition coefficient (Wildman–Crippen LogP) is 3.50. The minimum Gasteiger partial charge on any atom is -0.398 e. The van der Waals surface area contributed by atoms with Crippen molar-refractivity contribution in [3.63, 3.8) is 0 Å². The molecule has 0 saturated carbocycles. The molecule has 1 unspecified atom stereocenters. The highest BCUT2D eigenvalue weighted by molar-refractivity contribution is 7.84. The molecular formula is C16H19NOS. The average Bonchev–Trinajstić information content (AvgIpc) is 2.31. The molecule has 2 aromatic carbocycles. The molecule has 0 amide bonds. The van der Waals surface area contributed by atoms with Crippen molar-refractivity contribution in [2.24, 2.45) is 0 Å². The van der Waals surface area contributed by atoms with Crippen molar-refractivity contribution in [1.29, 1.82) is 0 Å². The summed E-state index contributed by atoms with van der Waals surface area (Å²) in [5.41, 5.74) is 11.0. The fourth-order valence-corrected chi connectivity index (χ4v) is 3.57. The van der Waals surface area contributed by atoms with E-state index in [-0.39, 0.29) is 0 Å². The van der Waals surface area contributed by atoms with Gasteiger partial charge in [0.1, 0.15) is 0 Å². The van der Waals surface area contributed by atoms with Gasteiger partial charge in [0.2, 0.25) is 0 Å². The van der Waals surface area contributed by atoms with Crippen molar-refractivity contribution >= 4 is 16.5 Å². The highest BCUT2D eigenvalue weighted by Crippen LogP contribution is 2.22. The van der Waals surface area contributed by atoms with Gasteiger partial charge in [-0.15, -0.1) is 0 Å². The molecule has 2 rings (SSSR count). The third-order valence-electron chi connectivity index (χ3n) is 3.15. The van der Waals surface area contributed by atoms with Crippen molar-refractivity contribution < 1.29 is 4.21 Å². The number of aryl methyl sites for hydroxylation is 2. The fraction of sp³-hybridized carbons (Fsp3) is 0.250. The first-order valence-electron chi connectivity index (χ1n) is 6.28. The summed E-state index contributed by atoms with van der Waals surface area (Å²) >= 11 is 0. The van der Waals surface area contributed by atoms with Crippen molar-refractivity contribution in [1.82, 2.24) is 0 Å². The van der Waals surface area contributed by atoms with Gasteiger partial charge in [-0.3, -0.25) is 4.21 Å². The highest BCUT2D eigenvalue weighted by Gasteiger charge is 2.10. The summed E-state index contributed by atoms with van der Waals surface area (Å²) in [4.78, 5) is 0.833. The maximum absolute atomic E-state index is 12.5. The van der Waals surface area contributed by atoms with Crippen LogP contribution in [0.1, 0.15) is 22.3 Å². The lowest BCUT2D eigenvalue weighted by atomic mass is 10.1. The highest BCUT2D eigenvalue weighted by atomic mass is 32.2. The number of hydrogen-bond donors (Lipinski definition) is 1. The van der Waals surface area contributed by atoms with Crippen molar-refractivity contribution in [2.75, 3.05) is 5.73 Å². The van der Waals surface area contributed by atoms with Gasteiger partial charge in [0, 0.05) is 10.6 Å². The Hall–Kier alpha value is -1.61. The van der Waals surface area contributed by atoms with Gasteiger partial charge in [0.15, 0.2) is 0 Å². The Labute approximate surface area is 117 Å². The number of hydrogen-bond acceptors (Lipinski definition) is 2. The van der Waals surface area contributed by atoms with Crippen LogP contribution in [0.25, 0.3) is 0 Å². The van der Waals surface area contributed by atoms with Crippen LogP contribution in [-0.2, 0) is 16.6 Å². The lowest BCUT2D eigenvalue weighted by Crippen LogP contribution is -2.01. The third kappa shape index (κ3) is 3.24. The second-order valence-corrected chi connectivity index (χ2v) is 6.38. The molecule has 3 heteroatoms. The second-order valence-electron chi connectivity index (χ2n) is 4.96. The molecule has 0 heterocycles. The Balaban J connectivity index is 2.28.